The molecule has 3 aromatic rings. The number of benzene rings is 1. The zero-order chi connectivity index (χ0) is 22.1. The fraction of sp³-hybridized carbons (Fsp3) is 0.235. The van der Waals surface area contributed by atoms with Crippen LogP contribution < -0.4 is 14.2 Å². The highest BCUT2D eigenvalue weighted by molar-refractivity contribution is 7.93. The lowest BCUT2D eigenvalue weighted by atomic mass is 10.3. The molecule has 2 aromatic heterocycles. The van der Waals surface area contributed by atoms with Gasteiger partial charge in [-0.1, -0.05) is 0 Å². The lowest BCUT2D eigenvalue weighted by Gasteiger charge is -2.10. The van der Waals surface area contributed by atoms with Crippen molar-refractivity contribution >= 4 is 31.6 Å². The van der Waals surface area contributed by atoms with Gasteiger partial charge in [0.25, 0.3) is 20.0 Å². The summed E-state index contributed by atoms with van der Waals surface area (Å²) in [7, 11) is -4.78. The molecule has 0 aliphatic carbocycles. The Morgan fingerprint density at radius 3 is 2.20 bits per heavy atom. The number of hydrogen-bond donors (Lipinski definition) is 2. The second-order valence-electron chi connectivity index (χ2n) is 6.30. The second-order valence-corrected chi connectivity index (χ2v) is 9.61. The average molecular weight is 453 g/mol. The second kappa shape index (κ2) is 7.91. The standard InChI is InChI=1S/C17H20N6O5S2/c1-11-17(12(2)23(3)20-11)30(26,27)21-13-5-7-14(8-6-13)29(24,25)22-15-9-16(28-4)19-10-18-15/h5-10,21H,1-4H3,(H,18,19,22). The summed E-state index contributed by atoms with van der Waals surface area (Å²) in [5.41, 5.74) is 1.06. The van der Waals surface area contributed by atoms with Crippen molar-refractivity contribution in [2.24, 2.45) is 7.05 Å². The minimum Gasteiger partial charge on any atom is -0.481 e. The number of hydrogen-bond acceptors (Lipinski definition) is 8. The van der Waals surface area contributed by atoms with E-state index in [-0.39, 0.29) is 27.2 Å². The zero-order valence-corrected chi connectivity index (χ0v) is 18.2. The Labute approximate surface area is 174 Å². The number of aromatic nitrogens is 4. The highest BCUT2D eigenvalue weighted by atomic mass is 32.2. The predicted molar refractivity (Wildman–Crippen MR) is 109 cm³/mol. The molecule has 0 unspecified atom stereocenters. The monoisotopic (exact) mass is 452 g/mol. The van der Waals surface area contributed by atoms with E-state index in [2.05, 4.69) is 24.5 Å². The molecule has 0 spiro atoms. The average Bonchev–Trinajstić information content (AvgIpc) is 2.94. The van der Waals surface area contributed by atoms with E-state index in [4.69, 9.17) is 4.74 Å². The molecule has 0 saturated heterocycles. The third-order valence-corrected chi connectivity index (χ3v) is 7.22. The molecule has 0 fully saturated rings. The van der Waals surface area contributed by atoms with E-state index in [0.717, 1.165) is 6.33 Å². The van der Waals surface area contributed by atoms with Gasteiger partial charge in [0.05, 0.1) is 23.4 Å². The van der Waals surface area contributed by atoms with E-state index in [1.54, 1.807) is 20.9 Å². The minimum absolute atomic E-state index is 0.0363. The van der Waals surface area contributed by atoms with E-state index in [1.807, 2.05) is 0 Å². The molecule has 30 heavy (non-hydrogen) atoms. The Hall–Kier alpha value is -3.19. The van der Waals surface area contributed by atoms with Crippen LogP contribution in [-0.4, -0.2) is 43.7 Å². The molecule has 0 aliphatic rings. The summed E-state index contributed by atoms with van der Waals surface area (Å²) in [5, 5.41) is 4.11. The SMILES string of the molecule is COc1cc(NS(=O)(=O)c2ccc(NS(=O)(=O)c3c(C)nn(C)c3C)cc2)ncn1. The van der Waals surface area contributed by atoms with Crippen LogP contribution in [0.25, 0.3) is 0 Å². The Balaban J connectivity index is 1.82. The van der Waals surface area contributed by atoms with Crippen molar-refractivity contribution in [2.75, 3.05) is 16.6 Å². The highest BCUT2D eigenvalue weighted by Gasteiger charge is 2.24. The summed E-state index contributed by atoms with van der Waals surface area (Å²) in [6.07, 6.45) is 1.16. The summed E-state index contributed by atoms with van der Waals surface area (Å²) >= 11 is 0. The third-order valence-electron chi connectivity index (χ3n) is 4.22. The summed E-state index contributed by atoms with van der Waals surface area (Å²) in [6, 6.07) is 6.60. The van der Waals surface area contributed by atoms with Gasteiger partial charge < -0.3 is 4.74 Å². The van der Waals surface area contributed by atoms with Gasteiger partial charge in [0.1, 0.15) is 17.0 Å². The molecular formula is C17H20N6O5S2. The maximum Gasteiger partial charge on any atom is 0.265 e. The van der Waals surface area contributed by atoms with Crippen molar-refractivity contribution in [1.82, 2.24) is 19.7 Å². The van der Waals surface area contributed by atoms with Gasteiger partial charge in [-0.2, -0.15) is 5.10 Å². The van der Waals surface area contributed by atoms with Gasteiger partial charge in [-0.15, -0.1) is 0 Å². The summed E-state index contributed by atoms with van der Waals surface area (Å²) in [5.74, 6) is 0.239. The number of anilines is 2. The van der Waals surface area contributed by atoms with Crippen molar-refractivity contribution in [3.05, 3.63) is 48.0 Å². The number of rotatable bonds is 7. The molecule has 160 valence electrons. The molecule has 1 aromatic carbocycles. The summed E-state index contributed by atoms with van der Waals surface area (Å²) in [4.78, 5) is 7.65. The maximum absolute atomic E-state index is 12.7. The Morgan fingerprint density at radius 2 is 1.63 bits per heavy atom. The van der Waals surface area contributed by atoms with Gasteiger partial charge in [0.15, 0.2) is 0 Å². The number of aryl methyl sites for hydroxylation is 2. The first-order valence-electron chi connectivity index (χ1n) is 8.55. The Morgan fingerprint density at radius 1 is 0.967 bits per heavy atom. The fourth-order valence-corrected chi connectivity index (χ4v) is 5.25. The van der Waals surface area contributed by atoms with Crippen molar-refractivity contribution in [2.45, 2.75) is 23.6 Å². The van der Waals surface area contributed by atoms with Crippen molar-refractivity contribution < 1.29 is 21.6 Å². The smallest absolute Gasteiger partial charge is 0.265 e. The van der Waals surface area contributed by atoms with Crippen molar-refractivity contribution in [3.8, 4) is 5.88 Å². The molecule has 3 rings (SSSR count). The van der Waals surface area contributed by atoms with Crippen LogP contribution in [0.5, 0.6) is 5.88 Å². The lowest BCUT2D eigenvalue weighted by molar-refractivity contribution is 0.397. The quantitative estimate of drug-likeness (QED) is 0.548. The predicted octanol–water partition coefficient (Wildman–Crippen LogP) is 1.44. The number of nitrogens with one attached hydrogen (secondary N) is 2. The third kappa shape index (κ3) is 4.36. The molecule has 13 heteroatoms. The van der Waals surface area contributed by atoms with Crippen LogP contribution in [0.15, 0.2) is 46.5 Å². The highest BCUT2D eigenvalue weighted by Crippen LogP contribution is 2.23. The van der Waals surface area contributed by atoms with E-state index in [9.17, 15) is 16.8 Å². The molecule has 2 heterocycles. The van der Waals surface area contributed by atoms with E-state index < -0.39 is 20.0 Å². The minimum atomic E-state index is -3.95. The zero-order valence-electron chi connectivity index (χ0n) is 16.6. The number of methoxy groups -OCH3 is 1. The van der Waals surface area contributed by atoms with Crippen LogP contribution in [-0.2, 0) is 27.1 Å². The number of ether oxygens (including phenoxy) is 1. The molecule has 0 atom stereocenters. The molecule has 0 aliphatic heterocycles. The first kappa shape index (κ1) is 21.5. The summed E-state index contributed by atoms with van der Waals surface area (Å²) < 4.78 is 61.7. The summed E-state index contributed by atoms with van der Waals surface area (Å²) in [6.45, 7) is 3.25. The lowest BCUT2D eigenvalue weighted by Crippen LogP contribution is -2.16. The van der Waals surface area contributed by atoms with Gasteiger partial charge in [-0.25, -0.2) is 26.8 Å². The first-order chi connectivity index (χ1) is 14.0. The van der Waals surface area contributed by atoms with Gasteiger partial charge in [0.2, 0.25) is 5.88 Å². The molecule has 0 amide bonds. The Kier molecular flexibility index (Phi) is 5.67. The van der Waals surface area contributed by atoms with Gasteiger partial charge in [0, 0.05) is 18.8 Å². The topological polar surface area (TPSA) is 145 Å². The van der Waals surface area contributed by atoms with Crippen LogP contribution in [0.4, 0.5) is 11.5 Å². The van der Waals surface area contributed by atoms with Crippen molar-refractivity contribution in [3.63, 3.8) is 0 Å². The van der Waals surface area contributed by atoms with Crippen LogP contribution in [0, 0.1) is 13.8 Å². The van der Waals surface area contributed by atoms with Crippen molar-refractivity contribution in [1.29, 1.82) is 0 Å². The molecule has 0 saturated carbocycles. The van der Waals surface area contributed by atoms with Gasteiger partial charge in [-0.05, 0) is 38.1 Å². The van der Waals surface area contributed by atoms with Gasteiger partial charge >= 0.3 is 0 Å². The van der Waals surface area contributed by atoms with Crippen LogP contribution in [0.3, 0.4) is 0 Å². The molecular weight excluding hydrogens is 432 g/mol. The largest absolute Gasteiger partial charge is 0.481 e. The van der Waals surface area contributed by atoms with E-state index in [1.165, 1.54) is 42.1 Å². The number of sulfonamides is 2. The Bertz CT molecular complexity index is 1280. The normalized spacial score (nSPS) is 11.9. The molecule has 0 radical (unpaired) electrons. The van der Waals surface area contributed by atoms with E-state index >= 15 is 0 Å². The number of nitrogens with zero attached hydrogens (tertiary/aromatic N) is 4. The maximum atomic E-state index is 12.7. The molecule has 2 N–H and O–H groups in total. The fourth-order valence-electron chi connectivity index (χ4n) is 2.75. The van der Waals surface area contributed by atoms with Crippen LogP contribution in [0.2, 0.25) is 0 Å². The first-order valence-corrected chi connectivity index (χ1v) is 11.5. The van der Waals surface area contributed by atoms with Gasteiger partial charge in [-0.3, -0.25) is 14.1 Å². The van der Waals surface area contributed by atoms with E-state index in [0.29, 0.717) is 11.4 Å². The molecule has 11 nitrogen and oxygen atoms in total. The molecule has 0 bridgehead atoms. The van der Waals surface area contributed by atoms with Crippen LogP contribution in [0.1, 0.15) is 11.4 Å². The van der Waals surface area contributed by atoms with Crippen LogP contribution >= 0.6 is 0 Å².